The topological polar surface area (TPSA) is 72.2 Å². The Morgan fingerprint density at radius 2 is 2.04 bits per heavy atom. The van der Waals surface area contributed by atoms with Crippen molar-refractivity contribution < 1.29 is 13.5 Å². The number of hydrogen-bond donors (Lipinski definition) is 1. The maximum atomic E-state index is 11.5. The van der Waals surface area contributed by atoms with E-state index in [4.69, 9.17) is 0 Å². The number of sulfone groups is 1. The average molecular weight is 334 g/mol. The summed E-state index contributed by atoms with van der Waals surface area (Å²) >= 11 is 0. The van der Waals surface area contributed by atoms with E-state index in [2.05, 4.69) is 23.3 Å². The minimum absolute atomic E-state index is 0.00317. The fourth-order valence-corrected chi connectivity index (χ4v) is 4.48. The molecule has 0 saturated carbocycles. The van der Waals surface area contributed by atoms with E-state index in [0.29, 0.717) is 6.54 Å². The van der Waals surface area contributed by atoms with Crippen LogP contribution >= 0.6 is 0 Å². The molecule has 1 aliphatic rings. The highest BCUT2D eigenvalue weighted by Gasteiger charge is 2.24. The molecule has 0 radical (unpaired) electrons. The monoisotopic (exact) mass is 334 g/mol. The highest BCUT2D eigenvalue weighted by Crippen LogP contribution is 2.28. The molecule has 0 fully saturated rings. The van der Waals surface area contributed by atoms with Crippen LogP contribution in [-0.2, 0) is 35.8 Å². The van der Waals surface area contributed by atoms with Crippen LogP contribution in [0.15, 0.2) is 24.4 Å². The molecule has 3 rings (SSSR count). The van der Waals surface area contributed by atoms with Crippen molar-refractivity contribution in [1.82, 2.24) is 9.78 Å². The highest BCUT2D eigenvalue weighted by atomic mass is 32.2. The van der Waals surface area contributed by atoms with E-state index in [0.717, 1.165) is 29.7 Å². The molecule has 124 valence electrons. The molecule has 2 aromatic rings. The van der Waals surface area contributed by atoms with Crippen LogP contribution < -0.4 is 0 Å². The molecule has 0 unspecified atom stereocenters. The van der Waals surface area contributed by atoms with E-state index >= 15 is 0 Å². The van der Waals surface area contributed by atoms with Gasteiger partial charge in [-0.2, -0.15) is 5.10 Å². The van der Waals surface area contributed by atoms with Gasteiger partial charge in [-0.15, -0.1) is 0 Å². The normalized spacial score (nSPS) is 17.4. The first-order valence-corrected chi connectivity index (χ1v) is 9.82. The Bertz CT molecular complexity index is 824. The van der Waals surface area contributed by atoms with E-state index in [1.165, 1.54) is 17.4 Å². The number of fused-ring (bicyclic) bond motifs is 1. The molecule has 1 aromatic carbocycles. The van der Waals surface area contributed by atoms with Crippen LogP contribution in [0.3, 0.4) is 0 Å². The Hall–Kier alpha value is -1.66. The van der Waals surface area contributed by atoms with Gasteiger partial charge in [0.25, 0.3) is 0 Å². The van der Waals surface area contributed by atoms with Gasteiger partial charge in [0.2, 0.25) is 0 Å². The molecule has 0 saturated heterocycles. The molecule has 5 nitrogen and oxygen atoms in total. The lowest BCUT2D eigenvalue weighted by Gasteiger charge is -2.06. The van der Waals surface area contributed by atoms with Gasteiger partial charge in [-0.1, -0.05) is 18.2 Å². The highest BCUT2D eigenvalue weighted by molar-refractivity contribution is 7.90. The van der Waals surface area contributed by atoms with Crippen LogP contribution in [0.4, 0.5) is 0 Å². The number of aliphatic hydroxyl groups excluding tert-OH is 1. The number of benzene rings is 1. The summed E-state index contributed by atoms with van der Waals surface area (Å²) in [4.78, 5) is 0. The van der Waals surface area contributed by atoms with E-state index in [9.17, 15) is 13.5 Å². The maximum absolute atomic E-state index is 11.5. The van der Waals surface area contributed by atoms with Crippen LogP contribution in [0.1, 0.15) is 27.9 Å². The third-order valence-electron chi connectivity index (χ3n) is 4.39. The predicted octanol–water partition coefficient (Wildman–Crippen LogP) is 1.49. The third kappa shape index (κ3) is 3.82. The zero-order valence-electron chi connectivity index (χ0n) is 13.5. The summed E-state index contributed by atoms with van der Waals surface area (Å²) < 4.78 is 24.8. The lowest BCUT2D eigenvalue weighted by Crippen LogP contribution is -2.14. The van der Waals surface area contributed by atoms with Crippen molar-refractivity contribution in [2.45, 2.75) is 32.9 Å². The molecule has 1 aliphatic carbocycles. The van der Waals surface area contributed by atoms with Crippen molar-refractivity contribution in [2.75, 3.05) is 12.0 Å². The predicted molar refractivity (Wildman–Crippen MR) is 89.0 cm³/mol. The van der Waals surface area contributed by atoms with Crippen molar-refractivity contribution >= 4 is 9.84 Å². The molecule has 1 aromatic heterocycles. The molecule has 23 heavy (non-hydrogen) atoms. The zero-order valence-corrected chi connectivity index (χ0v) is 14.3. The zero-order chi connectivity index (χ0) is 16.6. The van der Waals surface area contributed by atoms with Gasteiger partial charge in [-0.25, -0.2) is 8.42 Å². The average Bonchev–Trinajstić information content (AvgIpc) is 2.98. The summed E-state index contributed by atoms with van der Waals surface area (Å²) in [5.41, 5.74) is 5.36. The first-order valence-electron chi connectivity index (χ1n) is 7.76. The summed E-state index contributed by atoms with van der Waals surface area (Å²) in [6, 6.07) is 6.35. The Morgan fingerprint density at radius 1 is 1.30 bits per heavy atom. The van der Waals surface area contributed by atoms with Gasteiger partial charge in [-0.3, -0.25) is 4.68 Å². The molecular weight excluding hydrogens is 312 g/mol. The van der Waals surface area contributed by atoms with Gasteiger partial charge in [0.15, 0.2) is 0 Å². The quantitative estimate of drug-likeness (QED) is 0.899. The summed E-state index contributed by atoms with van der Waals surface area (Å²) in [6.45, 7) is 2.55. The lowest BCUT2D eigenvalue weighted by molar-refractivity contribution is 0.281. The second-order valence-electron chi connectivity index (χ2n) is 6.57. The first kappa shape index (κ1) is 16.2. The van der Waals surface area contributed by atoms with Gasteiger partial charge < -0.3 is 5.11 Å². The smallest absolute Gasteiger partial charge is 0.147 e. The minimum atomic E-state index is -2.93. The van der Waals surface area contributed by atoms with Crippen molar-refractivity contribution in [1.29, 1.82) is 0 Å². The number of hydrogen-bond acceptors (Lipinski definition) is 4. The Labute approximate surface area is 136 Å². The third-order valence-corrected chi connectivity index (χ3v) is 5.47. The van der Waals surface area contributed by atoms with E-state index in [-0.39, 0.29) is 18.3 Å². The van der Waals surface area contributed by atoms with Crippen LogP contribution in [0.25, 0.3) is 0 Å². The number of aromatic nitrogens is 2. The number of nitrogens with zero attached hydrogens (tertiary/aromatic N) is 2. The van der Waals surface area contributed by atoms with Gasteiger partial charge in [-0.05, 0) is 42.4 Å². The molecule has 6 heteroatoms. The molecular formula is C17H22N2O3S. The Morgan fingerprint density at radius 3 is 2.70 bits per heavy atom. The van der Waals surface area contributed by atoms with Crippen molar-refractivity contribution in [3.8, 4) is 0 Å². The van der Waals surface area contributed by atoms with Crippen LogP contribution in [0.2, 0.25) is 0 Å². The fourth-order valence-electron chi connectivity index (χ4n) is 3.39. The van der Waals surface area contributed by atoms with Gasteiger partial charge >= 0.3 is 0 Å². The molecule has 1 atom stereocenters. The van der Waals surface area contributed by atoms with E-state index in [1.807, 2.05) is 17.8 Å². The largest absolute Gasteiger partial charge is 0.392 e. The molecule has 0 spiro atoms. The van der Waals surface area contributed by atoms with Crippen molar-refractivity contribution in [3.63, 3.8) is 0 Å². The summed E-state index contributed by atoms with van der Waals surface area (Å²) in [7, 11) is -2.93. The SMILES string of the molecule is Cc1nn(Cc2ccc3c(c2)C[C@H](CS(C)(=O)=O)C3)cc1CO. The molecule has 0 aliphatic heterocycles. The van der Waals surface area contributed by atoms with Gasteiger partial charge in [0.05, 0.1) is 24.6 Å². The van der Waals surface area contributed by atoms with Gasteiger partial charge in [0.1, 0.15) is 9.84 Å². The second kappa shape index (κ2) is 6.09. The molecule has 1 heterocycles. The Balaban J connectivity index is 1.74. The standard InChI is InChI=1S/C17H22N2O3S/c1-12-17(10-20)9-19(18-12)8-13-3-4-15-6-14(7-16(15)5-13)11-23(2,21)22/h3-5,9,14,20H,6-8,10-11H2,1-2H3/t14-/m1/s1. The Kier molecular flexibility index (Phi) is 4.29. The van der Waals surface area contributed by atoms with Crippen molar-refractivity contribution in [3.05, 3.63) is 52.3 Å². The molecule has 0 bridgehead atoms. The van der Waals surface area contributed by atoms with Crippen LogP contribution in [-0.4, -0.2) is 35.3 Å². The van der Waals surface area contributed by atoms with Crippen LogP contribution in [0, 0.1) is 12.8 Å². The fraction of sp³-hybridized carbons (Fsp3) is 0.471. The molecule has 0 amide bonds. The number of aliphatic hydroxyl groups is 1. The van der Waals surface area contributed by atoms with Gasteiger partial charge in [0, 0.05) is 18.0 Å². The van der Waals surface area contributed by atoms with E-state index < -0.39 is 9.84 Å². The number of aryl methyl sites for hydroxylation is 1. The van der Waals surface area contributed by atoms with Crippen molar-refractivity contribution in [2.24, 2.45) is 5.92 Å². The van der Waals surface area contributed by atoms with Crippen LogP contribution in [0.5, 0.6) is 0 Å². The second-order valence-corrected chi connectivity index (χ2v) is 8.75. The summed E-state index contributed by atoms with van der Waals surface area (Å²) in [5, 5.41) is 13.7. The summed E-state index contributed by atoms with van der Waals surface area (Å²) in [5.74, 6) is 0.457. The molecule has 1 N–H and O–H groups in total. The number of rotatable bonds is 5. The maximum Gasteiger partial charge on any atom is 0.147 e. The lowest BCUT2D eigenvalue weighted by atomic mass is 10.1. The minimum Gasteiger partial charge on any atom is -0.392 e. The first-order chi connectivity index (χ1) is 10.8. The van der Waals surface area contributed by atoms with E-state index in [1.54, 1.807) is 0 Å². The summed E-state index contributed by atoms with van der Waals surface area (Å²) in [6.07, 6.45) is 4.85.